The minimum Gasteiger partial charge on any atom is -0.325 e. The van der Waals surface area contributed by atoms with Gasteiger partial charge in [-0.1, -0.05) is 0 Å². The molecule has 4 heteroatoms. The third kappa shape index (κ3) is 3.53. The number of nitrogens with one attached hydrogen (secondary N) is 2. The average molecular weight is 262 g/mol. The number of rotatable bonds is 6. The minimum atomic E-state index is -0.293. The average Bonchev–Trinajstić information content (AvgIpc) is 3.26. The highest BCUT2D eigenvalue weighted by atomic mass is 19.1. The van der Waals surface area contributed by atoms with Gasteiger partial charge in [-0.3, -0.25) is 4.79 Å². The standard InChI is InChI=1S/C15H19FN2O/c16-12-5-7-13(8-6-12)18-14(19)9-17-15(10-1-2-10)11-3-4-11/h5-8,10-11,15,17H,1-4,9H2,(H,18,19). The first-order chi connectivity index (χ1) is 9.22. The van der Waals surface area contributed by atoms with E-state index in [0.29, 0.717) is 18.3 Å². The molecule has 0 unspecified atom stereocenters. The smallest absolute Gasteiger partial charge is 0.238 e. The molecule has 0 spiro atoms. The van der Waals surface area contributed by atoms with Crippen molar-refractivity contribution in [2.24, 2.45) is 11.8 Å². The van der Waals surface area contributed by atoms with Crippen LogP contribution >= 0.6 is 0 Å². The molecule has 2 aliphatic rings. The van der Waals surface area contributed by atoms with Crippen LogP contribution in [0.5, 0.6) is 0 Å². The minimum absolute atomic E-state index is 0.0575. The second-order valence-corrected chi connectivity index (χ2v) is 5.64. The van der Waals surface area contributed by atoms with Gasteiger partial charge >= 0.3 is 0 Å². The van der Waals surface area contributed by atoms with Gasteiger partial charge in [0, 0.05) is 11.7 Å². The van der Waals surface area contributed by atoms with Gasteiger partial charge in [0.1, 0.15) is 5.82 Å². The molecule has 2 fully saturated rings. The van der Waals surface area contributed by atoms with E-state index >= 15 is 0 Å². The van der Waals surface area contributed by atoms with E-state index in [0.717, 1.165) is 11.8 Å². The van der Waals surface area contributed by atoms with Gasteiger partial charge in [0.2, 0.25) is 5.91 Å². The summed E-state index contributed by atoms with van der Waals surface area (Å²) in [7, 11) is 0. The second kappa shape index (κ2) is 5.29. The Kier molecular flexibility index (Phi) is 3.51. The molecule has 1 aromatic rings. The number of carbonyl (C=O) groups excluding carboxylic acids is 1. The molecule has 2 saturated carbocycles. The molecule has 0 atom stereocenters. The Morgan fingerprint density at radius 2 is 1.74 bits per heavy atom. The lowest BCUT2D eigenvalue weighted by Gasteiger charge is -2.17. The first-order valence-corrected chi connectivity index (χ1v) is 7.01. The highest BCUT2D eigenvalue weighted by molar-refractivity contribution is 5.92. The molecule has 1 amide bonds. The van der Waals surface area contributed by atoms with Crippen molar-refractivity contribution in [2.45, 2.75) is 31.7 Å². The Morgan fingerprint density at radius 3 is 2.26 bits per heavy atom. The van der Waals surface area contributed by atoms with Crippen molar-refractivity contribution in [2.75, 3.05) is 11.9 Å². The maximum absolute atomic E-state index is 12.7. The number of halogens is 1. The number of hydrogen-bond acceptors (Lipinski definition) is 2. The summed E-state index contributed by atoms with van der Waals surface area (Å²) in [5, 5.41) is 6.16. The molecular weight excluding hydrogens is 243 g/mol. The van der Waals surface area contributed by atoms with Gasteiger partial charge in [0.25, 0.3) is 0 Å². The van der Waals surface area contributed by atoms with E-state index in [4.69, 9.17) is 0 Å². The van der Waals surface area contributed by atoms with Crippen molar-refractivity contribution in [1.29, 1.82) is 0 Å². The van der Waals surface area contributed by atoms with E-state index in [1.807, 2.05) is 0 Å². The highest BCUT2D eigenvalue weighted by Crippen LogP contribution is 2.44. The summed E-state index contributed by atoms with van der Waals surface area (Å²) in [5.41, 5.74) is 0.641. The lowest BCUT2D eigenvalue weighted by atomic mass is 10.1. The first-order valence-electron chi connectivity index (χ1n) is 7.01. The molecule has 0 heterocycles. The van der Waals surface area contributed by atoms with E-state index < -0.39 is 0 Å². The molecule has 102 valence electrons. The Labute approximate surface area is 112 Å². The van der Waals surface area contributed by atoms with Crippen LogP contribution in [0.3, 0.4) is 0 Å². The molecule has 0 radical (unpaired) electrons. The lowest BCUT2D eigenvalue weighted by Crippen LogP contribution is -2.38. The third-order valence-corrected chi connectivity index (χ3v) is 3.89. The maximum Gasteiger partial charge on any atom is 0.238 e. The van der Waals surface area contributed by atoms with E-state index in [2.05, 4.69) is 10.6 Å². The molecule has 0 saturated heterocycles. The van der Waals surface area contributed by atoms with Gasteiger partial charge in [-0.05, 0) is 61.8 Å². The van der Waals surface area contributed by atoms with Crippen LogP contribution in [0.15, 0.2) is 24.3 Å². The highest BCUT2D eigenvalue weighted by Gasteiger charge is 2.41. The molecule has 0 aliphatic heterocycles. The topological polar surface area (TPSA) is 41.1 Å². The quantitative estimate of drug-likeness (QED) is 0.827. The summed E-state index contributed by atoms with van der Waals surface area (Å²) in [4.78, 5) is 11.8. The molecule has 0 bridgehead atoms. The summed E-state index contributed by atoms with van der Waals surface area (Å²) < 4.78 is 12.7. The van der Waals surface area contributed by atoms with Gasteiger partial charge in [-0.25, -0.2) is 4.39 Å². The monoisotopic (exact) mass is 262 g/mol. The summed E-state index contributed by atoms with van der Waals surface area (Å²) in [5.74, 6) is 1.22. The Balaban J connectivity index is 1.46. The van der Waals surface area contributed by atoms with Crippen LogP contribution in [0.2, 0.25) is 0 Å². The number of benzene rings is 1. The first kappa shape index (κ1) is 12.6. The molecule has 1 aromatic carbocycles. The summed E-state index contributed by atoms with van der Waals surface area (Å²) in [6.45, 7) is 0.342. The fourth-order valence-corrected chi connectivity index (χ4v) is 2.58. The zero-order chi connectivity index (χ0) is 13.2. The van der Waals surface area contributed by atoms with Gasteiger partial charge in [-0.15, -0.1) is 0 Å². The summed E-state index contributed by atoms with van der Waals surface area (Å²) in [6.07, 6.45) is 5.20. The van der Waals surface area contributed by atoms with Crippen LogP contribution in [0.25, 0.3) is 0 Å². The van der Waals surface area contributed by atoms with Crippen molar-refractivity contribution >= 4 is 11.6 Å². The van der Waals surface area contributed by atoms with E-state index in [-0.39, 0.29) is 11.7 Å². The molecular formula is C15H19FN2O. The SMILES string of the molecule is O=C(CNC(C1CC1)C1CC1)Nc1ccc(F)cc1. The Hall–Kier alpha value is -1.42. The van der Waals surface area contributed by atoms with Crippen molar-refractivity contribution in [1.82, 2.24) is 5.32 Å². The van der Waals surface area contributed by atoms with Crippen LogP contribution in [0, 0.1) is 17.7 Å². The van der Waals surface area contributed by atoms with E-state index in [9.17, 15) is 9.18 Å². The van der Waals surface area contributed by atoms with Gasteiger partial charge in [-0.2, -0.15) is 0 Å². The Morgan fingerprint density at radius 1 is 1.16 bits per heavy atom. The zero-order valence-electron chi connectivity index (χ0n) is 10.9. The van der Waals surface area contributed by atoms with E-state index in [1.165, 1.54) is 37.8 Å². The normalized spacial score (nSPS) is 18.6. The number of anilines is 1. The maximum atomic E-state index is 12.7. The van der Waals surface area contributed by atoms with Gasteiger partial charge in [0.05, 0.1) is 6.54 Å². The summed E-state index contributed by atoms with van der Waals surface area (Å²) in [6, 6.07) is 6.37. The van der Waals surface area contributed by atoms with Crippen LogP contribution in [-0.4, -0.2) is 18.5 Å². The largest absolute Gasteiger partial charge is 0.325 e. The predicted molar refractivity (Wildman–Crippen MR) is 72.3 cm³/mol. The van der Waals surface area contributed by atoms with Crippen molar-refractivity contribution in [3.63, 3.8) is 0 Å². The van der Waals surface area contributed by atoms with Crippen LogP contribution in [0.1, 0.15) is 25.7 Å². The van der Waals surface area contributed by atoms with E-state index in [1.54, 1.807) is 12.1 Å². The fraction of sp³-hybridized carbons (Fsp3) is 0.533. The van der Waals surface area contributed by atoms with Crippen molar-refractivity contribution in [3.05, 3.63) is 30.1 Å². The molecule has 0 aromatic heterocycles. The lowest BCUT2D eigenvalue weighted by molar-refractivity contribution is -0.115. The van der Waals surface area contributed by atoms with Crippen LogP contribution < -0.4 is 10.6 Å². The fourth-order valence-electron chi connectivity index (χ4n) is 2.58. The predicted octanol–water partition coefficient (Wildman–Crippen LogP) is 2.54. The third-order valence-electron chi connectivity index (χ3n) is 3.89. The van der Waals surface area contributed by atoms with Crippen LogP contribution in [-0.2, 0) is 4.79 Å². The van der Waals surface area contributed by atoms with Crippen molar-refractivity contribution in [3.8, 4) is 0 Å². The molecule has 2 aliphatic carbocycles. The number of carbonyl (C=O) groups is 1. The molecule has 19 heavy (non-hydrogen) atoms. The van der Waals surface area contributed by atoms with Crippen LogP contribution in [0.4, 0.5) is 10.1 Å². The Bertz CT molecular complexity index is 440. The molecule has 3 nitrogen and oxygen atoms in total. The van der Waals surface area contributed by atoms with Gasteiger partial charge < -0.3 is 10.6 Å². The second-order valence-electron chi connectivity index (χ2n) is 5.64. The molecule has 3 rings (SSSR count). The number of hydrogen-bond donors (Lipinski definition) is 2. The number of amides is 1. The van der Waals surface area contributed by atoms with Gasteiger partial charge in [0.15, 0.2) is 0 Å². The van der Waals surface area contributed by atoms with Crippen molar-refractivity contribution < 1.29 is 9.18 Å². The zero-order valence-corrected chi connectivity index (χ0v) is 10.9. The molecule has 2 N–H and O–H groups in total. The summed E-state index contributed by atoms with van der Waals surface area (Å²) >= 11 is 0.